The molecule has 0 unspecified atom stereocenters. The van der Waals surface area contributed by atoms with Crippen LogP contribution in [-0.2, 0) is 13.0 Å². The van der Waals surface area contributed by atoms with Gasteiger partial charge in [-0.05, 0) is 55.7 Å². The quantitative estimate of drug-likeness (QED) is 0.907. The average molecular weight is 339 g/mol. The number of carbonyl (C=O) groups is 2. The predicted octanol–water partition coefficient (Wildman–Crippen LogP) is 3.37. The number of carboxylic acid groups (broad SMARTS) is 1. The van der Waals surface area contributed by atoms with Crippen molar-refractivity contribution in [3.8, 4) is 5.75 Å². The van der Waals surface area contributed by atoms with E-state index in [1.165, 1.54) is 0 Å². The van der Waals surface area contributed by atoms with Crippen LogP contribution < -0.4 is 4.74 Å². The molecule has 0 spiro atoms. The Morgan fingerprint density at radius 1 is 1.24 bits per heavy atom. The normalized spacial score (nSPS) is 13.7. The fourth-order valence-corrected chi connectivity index (χ4v) is 3.02. The lowest BCUT2D eigenvalue weighted by molar-refractivity contribution is 0.0696. The van der Waals surface area contributed by atoms with Crippen LogP contribution in [0.4, 0.5) is 0 Å². The maximum atomic E-state index is 12.8. The summed E-state index contributed by atoms with van der Waals surface area (Å²) in [5.74, 6) is -0.319. The van der Waals surface area contributed by atoms with Crippen LogP contribution in [-0.4, -0.2) is 34.5 Å². The monoisotopic (exact) mass is 339 g/mol. The van der Waals surface area contributed by atoms with Gasteiger partial charge in [0, 0.05) is 18.7 Å². The fourth-order valence-electron chi connectivity index (χ4n) is 3.02. The summed E-state index contributed by atoms with van der Waals surface area (Å²) in [5.41, 5.74) is 2.73. The summed E-state index contributed by atoms with van der Waals surface area (Å²) in [6, 6.07) is 12.4. The van der Waals surface area contributed by atoms with Crippen molar-refractivity contribution in [2.45, 2.75) is 32.9 Å². The van der Waals surface area contributed by atoms with Crippen molar-refractivity contribution in [1.82, 2.24) is 4.90 Å². The molecule has 1 aliphatic heterocycles. The molecule has 0 bridgehead atoms. The van der Waals surface area contributed by atoms with Crippen molar-refractivity contribution >= 4 is 11.9 Å². The highest BCUT2D eigenvalue weighted by atomic mass is 16.5. The van der Waals surface area contributed by atoms with Crippen LogP contribution in [0.15, 0.2) is 42.5 Å². The van der Waals surface area contributed by atoms with Crippen LogP contribution in [0.2, 0.25) is 0 Å². The van der Waals surface area contributed by atoms with Crippen LogP contribution in [0.3, 0.4) is 0 Å². The highest BCUT2D eigenvalue weighted by Crippen LogP contribution is 2.25. The first kappa shape index (κ1) is 17.0. The molecule has 130 valence electrons. The predicted molar refractivity (Wildman–Crippen MR) is 94.1 cm³/mol. The molecule has 0 saturated heterocycles. The van der Waals surface area contributed by atoms with E-state index in [4.69, 9.17) is 9.84 Å². The Kier molecular flexibility index (Phi) is 4.74. The largest absolute Gasteiger partial charge is 0.491 e. The van der Waals surface area contributed by atoms with Crippen LogP contribution in [0.25, 0.3) is 0 Å². The number of ether oxygens (including phenoxy) is 1. The molecule has 0 aliphatic carbocycles. The van der Waals surface area contributed by atoms with E-state index in [0.29, 0.717) is 24.4 Å². The average Bonchev–Trinajstić information content (AvgIpc) is 2.57. The number of hydrogen-bond acceptors (Lipinski definition) is 3. The second-order valence-electron chi connectivity index (χ2n) is 6.47. The van der Waals surface area contributed by atoms with Gasteiger partial charge in [0.15, 0.2) is 0 Å². The minimum atomic E-state index is -0.965. The second-order valence-corrected chi connectivity index (χ2v) is 6.47. The Morgan fingerprint density at radius 3 is 2.76 bits per heavy atom. The third-order valence-corrected chi connectivity index (χ3v) is 4.17. The lowest BCUT2D eigenvalue weighted by Gasteiger charge is -2.29. The van der Waals surface area contributed by atoms with Crippen LogP contribution in [0, 0.1) is 0 Å². The first-order chi connectivity index (χ1) is 11.9. The van der Waals surface area contributed by atoms with Crippen molar-refractivity contribution in [3.05, 3.63) is 64.7 Å². The molecule has 2 aromatic carbocycles. The van der Waals surface area contributed by atoms with E-state index >= 15 is 0 Å². The molecular formula is C20H21NO4. The zero-order valence-corrected chi connectivity index (χ0v) is 14.4. The van der Waals surface area contributed by atoms with Gasteiger partial charge in [0.2, 0.25) is 0 Å². The maximum Gasteiger partial charge on any atom is 0.335 e. The minimum absolute atomic E-state index is 0.0452. The van der Waals surface area contributed by atoms with Crippen molar-refractivity contribution in [1.29, 1.82) is 0 Å². The summed E-state index contributed by atoms with van der Waals surface area (Å²) in [4.78, 5) is 25.7. The number of carbonyl (C=O) groups excluding carboxylic acids is 1. The van der Waals surface area contributed by atoms with Crippen LogP contribution in [0.5, 0.6) is 5.75 Å². The number of nitrogens with zero attached hydrogens (tertiary/aromatic N) is 1. The molecule has 0 saturated carbocycles. The summed E-state index contributed by atoms with van der Waals surface area (Å²) in [7, 11) is 0. The van der Waals surface area contributed by atoms with Crippen molar-refractivity contribution in [3.63, 3.8) is 0 Å². The zero-order valence-electron chi connectivity index (χ0n) is 14.4. The maximum absolute atomic E-state index is 12.8. The lowest BCUT2D eigenvalue weighted by Crippen LogP contribution is -2.37. The van der Waals surface area contributed by atoms with Gasteiger partial charge in [-0.1, -0.05) is 18.2 Å². The molecule has 2 aromatic rings. The Labute approximate surface area is 146 Å². The number of amides is 1. The molecule has 5 nitrogen and oxygen atoms in total. The van der Waals surface area contributed by atoms with Gasteiger partial charge in [-0.25, -0.2) is 4.79 Å². The number of fused-ring (bicyclic) bond motifs is 1. The summed E-state index contributed by atoms with van der Waals surface area (Å²) in [5, 5.41) is 9.11. The first-order valence-corrected chi connectivity index (χ1v) is 8.35. The van der Waals surface area contributed by atoms with Crippen molar-refractivity contribution < 1.29 is 19.4 Å². The molecule has 1 aliphatic rings. The Morgan fingerprint density at radius 2 is 2.04 bits per heavy atom. The smallest absolute Gasteiger partial charge is 0.335 e. The molecule has 5 heteroatoms. The third kappa shape index (κ3) is 3.82. The van der Waals surface area contributed by atoms with Gasteiger partial charge in [0.1, 0.15) is 5.75 Å². The molecular weight excluding hydrogens is 318 g/mol. The summed E-state index contributed by atoms with van der Waals surface area (Å²) < 4.78 is 5.69. The second kappa shape index (κ2) is 6.97. The molecule has 1 N–H and O–H groups in total. The number of rotatable bonds is 5. The Hall–Kier alpha value is -2.82. The van der Waals surface area contributed by atoms with Gasteiger partial charge < -0.3 is 14.7 Å². The minimum Gasteiger partial charge on any atom is -0.491 e. The fraction of sp³-hybridized carbons (Fsp3) is 0.300. The SMILES string of the molecule is CC(C)Oc1ccc2c(c1)C(=O)N(Cc1cccc(C(=O)O)c1)CC2. The molecule has 25 heavy (non-hydrogen) atoms. The summed E-state index contributed by atoms with van der Waals surface area (Å²) in [6.45, 7) is 4.91. The molecule has 0 radical (unpaired) electrons. The summed E-state index contributed by atoms with van der Waals surface area (Å²) in [6.07, 6.45) is 0.827. The highest BCUT2D eigenvalue weighted by molar-refractivity contribution is 5.97. The van der Waals surface area contributed by atoms with Crippen LogP contribution in [0.1, 0.15) is 45.7 Å². The molecule has 1 heterocycles. The van der Waals surface area contributed by atoms with Crippen molar-refractivity contribution in [2.75, 3.05) is 6.54 Å². The summed E-state index contributed by atoms with van der Waals surface area (Å²) >= 11 is 0. The van der Waals surface area contributed by atoms with E-state index in [2.05, 4.69) is 0 Å². The number of carboxylic acids is 1. The molecule has 0 atom stereocenters. The number of hydrogen-bond donors (Lipinski definition) is 1. The Balaban J connectivity index is 1.81. The van der Waals surface area contributed by atoms with E-state index in [1.807, 2.05) is 32.0 Å². The van der Waals surface area contributed by atoms with Crippen molar-refractivity contribution in [2.24, 2.45) is 0 Å². The van der Waals surface area contributed by atoms with Gasteiger partial charge >= 0.3 is 5.97 Å². The molecule has 1 amide bonds. The number of aromatic carboxylic acids is 1. The Bertz CT molecular complexity index is 813. The van der Waals surface area contributed by atoms with E-state index in [-0.39, 0.29) is 17.6 Å². The van der Waals surface area contributed by atoms with E-state index in [9.17, 15) is 9.59 Å². The van der Waals surface area contributed by atoms with E-state index in [0.717, 1.165) is 17.5 Å². The molecule has 3 rings (SSSR count). The van der Waals surface area contributed by atoms with E-state index < -0.39 is 5.97 Å². The number of benzene rings is 2. The van der Waals surface area contributed by atoms with Gasteiger partial charge in [0.05, 0.1) is 11.7 Å². The van der Waals surface area contributed by atoms with Gasteiger partial charge in [-0.3, -0.25) is 4.79 Å². The molecule has 0 aromatic heterocycles. The standard InChI is InChI=1S/C20H21NO4/c1-13(2)25-17-7-6-15-8-9-21(19(22)18(15)11-17)12-14-4-3-5-16(10-14)20(23)24/h3-7,10-11,13H,8-9,12H2,1-2H3,(H,23,24). The van der Waals surface area contributed by atoms with Gasteiger partial charge in [-0.2, -0.15) is 0 Å². The third-order valence-electron chi connectivity index (χ3n) is 4.17. The lowest BCUT2D eigenvalue weighted by atomic mass is 9.98. The topological polar surface area (TPSA) is 66.8 Å². The van der Waals surface area contributed by atoms with Crippen LogP contribution >= 0.6 is 0 Å². The highest BCUT2D eigenvalue weighted by Gasteiger charge is 2.25. The van der Waals surface area contributed by atoms with Gasteiger partial charge in [0.25, 0.3) is 5.91 Å². The zero-order chi connectivity index (χ0) is 18.0. The molecule has 0 fully saturated rings. The first-order valence-electron chi connectivity index (χ1n) is 8.35. The van der Waals surface area contributed by atoms with Gasteiger partial charge in [-0.15, -0.1) is 0 Å². The van der Waals surface area contributed by atoms with E-state index in [1.54, 1.807) is 29.2 Å².